The summed E-state index contributed by atoms with van der Waals surface area (Å²) in [5.74, 6) is 0.358. The average molecular weight is 365 g/mol. The van der Waals surface area contributed by atoms with E-state index in [-0.39, 0.29) is 11.8 Å². The van der Waals surface area contributed by atoms with Crippen LogP contribution in [0.15, 0.2) is 60.9 Å². The zero-order chi connectivity index (χ0) is 18.6. The molecule has 7 heteroatoms. The van der Waals surface area contributed by atoms with Gasteiger partial charge in [-0.25, -0.2) is 9.37 Å². The number of amides is 1. The third-order valence-electron chi connectivity index (χ3n) is 4.66. The Hall–Kier alpha value is -3.22. The molecule has 0 aliphatic carbocycles. The Morgan fingerprint density at radius 2 is 2.07 bits per heavy atom. The van der Waals surface area contributed by atoms with Crippen molar-refractivity contribution >= 4 is 11.7 Å². The van der Waals surface area contributed by atoms with Gasteiger partial charge in [-0.2, -0.15) is 5.10 Å². The normalized spacial score (nSPS) is 16.5. The smallest absolute Gasteiger partial charge is 0.254 e. The minimum Gasteiger partial charge on any atom is -0.370 e. The quantitative estimate of drug-likeness (QED) is 0.772. The van der Waals surface area contributed by atoms with Crippen LogP contribution in [0.3, 0.4) is 0 Å². The van der Waals surface area contributed by atoms with E-state index in [2.05, 4.69) is 15.4 Å². The summed E-state index contributed by atoms with van der Waals surface area (Å²) >= 11 is 0. The molecule has 1 N–H and O–H groups in total. The van der Waals surface area contributed by atoms with Gasteiger partial charge in [-0.15, -0.1) is 0 Å². The molecule has 0 bridgehead atoms. The highest BCUT2D eigenvalue weighted by atomic mass is 19.1. The molecule has 0 saturated carbocycles. The first-order valence-corrected chi connectivity index (χ1v) is 8.89. The number of nitrogens with zero attached hydrogens (tertiary/aromatic N) is 4. The fraction of sp³-hybridized carbons (Fsp3) is 0.250. The van der Waals surface area contributed by atoms with E-state index in [4.69, 9.17) is 0 Å². The molecule has 6 nitrogen and oxygen atoms in total. The Labute approximate surface area is 156 Å². The molecule has 0 radical (unpaired) electrons. The number of rotatable bonds is 4. The van der Waals surface area contributed by atoms with E-state index >= 15 is 0 Å². The van der Waals surface area contributed by atoms with Crippen molar-refractivity contribution in [3.63, 3.8) is 0 Å². The molecule has 0 fully saturated rings. The van der Waals surface area contributed by atoms with Gasteiger partial charge in [0.15, 0.2) is 0 Å². The number of benzene rings is 1. The number of carbonyl (C=O) groups is 1. The zero-order valence-corrected chi connectivity index (χ0v) is 14.8. The van der Waals surface area contributed by atoms with Gasteiger partial charge >= 0.3 is 0 Å². The van der Waals surface area contributed by atoms with Gasteiger partial charge in [-0.3, -0.25) is 9.48 Å². The van der Waals surface area contributed by atoms with Crippen molar-refractivity contribution < 1.29 is 9.18 Å². The molecule has 1 aliphatic rings. The Bertz CT molecular complexity index is 927. The summed E-state index contributed by atoms with van der Waals surface area (Å²) in [5.41, 5.74) is 1.33. The third kappa shape index (κ3) is 3.97. The second-order valence-electron chi connectivity index (χ2n) is 6.66. The predicted molar refractivity (Wildman–Crippen MR) is 99.6 cm³/mol. The molecule has 1 aliphatic heterocycles. The molecule has 138 valence electrons. The first-order valence-electron chi connectivity index (χ1n) is 8.89. The van der Waals surface area contributed by atoms with Crippen LogP contribution < -0.4 is 5.32 Å². The molecule has 3 heterocycles. The number of aromatic nitrogens is 3. The Kier molecular flexibility index (Phi) is 4.82. The van der Waals surface area contributed by atoms with Crippen LogP contribution >= 0.6 is 0 Å². The topological polar surface area (TPSA) is 63.1 Å². The van der Waals surface area contributed by atoms with Gasteiger partial charge in [0.2, 0.25) is 0 Å². The largest absolute Gasteiger partial charge is 0.370 e. The summed E-state index contributed by atoms with van der Waals surface area (Å²) in [6, 6.07) is 13.4. The monoisotopic (exact) mass is 365 g/mol. The molecule has 0 unspecified atom stereocenters. The SMILES string of the molecule is O=C(c1cccc(F)c1)N1Cc2ccnn2C[C@@H](CNc2ccccn2)C1. The highest BCUT2D eigenvalue weighted by Crippen LogP contribution is 2.19. The van der Waals surface area contributed by atoms with Gasteiger partial charge in [-0.05, 0) is 36.4 Å². The molecule has 1 aromatic carbocycles. The first kappa shape index (κ1) is 17.2. The first-order chi connectivity index (χ1) is 13.2. The maximum Gasteiger partial charge on any atom is 0.254 e. The number of nitrogens with one attached hydrogen (secondary N) is 1. The summed E-state index contributed by atoms with van der Waals surface area (Å²) in [6.07, 6.45) is 3.48. The Morgan fingerprint density at radius 1 is 1.15 bits per heavy atom. The van der Waals surface area contributed by atoms with Gasteiger partial charge in [0.1, 0.15) is 11.6 Å². The number of anilines is 1. The lowest BCUT2D eigenvalue weighted by Crippen LogP contribution is -2.36. The summed E-state index contributed by atoms with van der Waals surface area (Å²) in [5, 5.41) is 7.70. The molecule has 27 heavy (non-hydrogen) atoms. The van der Waals surface area contributed by atoms with Crippen LogP contribution in [-0.2, 0) is 13.1 Å². The highest BCUT2D eigenvalue weighted by molar-refractivity contribution is 5.94. The molecule has 0 spiro atoms. The highest BCUT2D eigenvalue weighted by Gasteiger charge is 2.26. The average Bonchev–Trinajstić information content (AvgIpc) is 3.04. The van der Waals surface area contributed by atoms with Gasteiger partial charge < -0.3 is 10.2 Å². The molecule has 0 saturated heterocycles. The number of pyridine rings is 1. The van der Waals surface area contributed by atoms with Gasteiger partial charge in [0, 0.05) is 43.5 Å². The molecule has 3 aromatic rings. The van der Waals surface area contributed by atoms with E-state index < -0.39 is 5.82 Å². The van der Waals surface area contributed by atoms with Crippen LogP contribution in [0, 0.1) is 11.7 Å². The second kappa shape index (κ2) is 7.57. The standard InChI is InChI=1S/C20H20FN5O/c21-17-5-3-4-16(10-17)20(27)25-12-15(11-23-19-6-1-2-8-22-19)13-26-18(14-25)7-9-24-26/h1-10,15H,11-14H2,(H,22,23)/t15-/m0/s1. The van der Waals surface area contributed by atoms with Crippen LogP contribution in [0.25, 0.3) is 0 Å². The van der Waals surface area contributed by atoms with Crippen molar-refractivity contribution in [2.75, 3.05) is 18.4 Å². The van der Waals surface area contributed by atoms with Crippen LogP contribution in [0.2, 0.25) is 0 Å². The number of halogens is 1. The Morgan fingerprint density at radius 3 is 2.89 bits per heavy atom. The van der Waals surface area contributed by atoms with Crippen molar-refractivity contribution in [3.8, 4) is 0 Å². The number of hydrogen-bond donors (Lipinski definition) is 1. The van der Waals surface area contributed by atoms with Crippen molar-refractivity contribution in [1.82, 2.24) is 19.7 Å². The molecule has 1 amide bonds. The van der Waals surface area contributed by atoms with Gasteiger partial charge in [0.05, 0.1) is 12.2 Å². The van der Waals surface area contributed by atoms with E-state index in [1.165, 1.54) is 12.1 Å². The van der Waals surface area contributed by atoms with Gasteiger partial charge in [0.25, 0.3) is 5.91 Å². The molecule has 2 aromatic heterocycles. The minimum absolute atomic E-state index is 0.144. The van der Waals surface area contributed by atoms with E-state index in [0.29, 0.717) is 31.7 Å². The van der Waals surface area contributed by atoms with Crippen molar-refractivity contribution in [3.05, 3.63) is 78.0 Å². The number of hydrogen-bond acceptors (Lipinski definition) is 4. The number of fused-ring (bicyclic) bond motifs is 1. The van der Waals surface area contributed by atoms with Crippen molar-refractivity contribution in [2.45, 2.75) is 13.1 Å². The fourth-order valence-corrected chi connectivity index (χ4v) is 3.34. The molecule has 4 rings (SSSR count). The van der Waals surface area contributed by atoms with E-state index in [1.54, 1.807) is 29.4 Å². The maximum absolute atomic E-state index is 13.5. The second-order valence-corrected chi connectivity index (χ2v) is 6.66. The lowest BCUT2D eigenvalue weighted by Gasteiger charge is -2.24. The van der Waals surface area contributed by atoms with Crippen LogP contribution in [-0.4, -0.2) is 38.7 Å². The lowest BCUT2D eigenvalue weighted by molar-refractivity contribution is 0.0723. The summed E-state index contributed by atoms with van der Waals surface area (Å²) in [4.78, 5) is 19.0. The van der Waals surface area contributed by atoms with Crippen LogP contribution in [0.1, 0.15) is 16.1 Å². The molecule has 1 atom stereocenters. The van der Waals surface area contributed by atoms with Crippen molar-refractivity contribution in [2.24, 2.45) is 5.92 Å². The Balaban J connectivity index is 1.54. The summed E-state index contributed by atoms with van der Waals surface area (Å²) in [7, 11) is 0. The number of carbonyl (C=O) groups excluding carboxylic acids is 1. The summed E-state index contributed by atoms with van der Waals surface area (Å²) < 4.78 is 15.5. The van der Waals surface area contributed by atoms with E-state index in [0.717, 1.165) is 11.5 Å². The van der Waals surface area contributed by atoms with E-state index in [9.17, 15) is 9.18 Å². The molecular formula is C20H20FN5O. The zero-order valence-electron chi connectivity index (χ0n) is 14.8. The predicted octanol–water partition coefficient (Wildman–Crippen LogP) is 2.80. The van der Waals surface area contributed by atoms with E-state index in [1.807, 2.05) is 28.9 Å². The fourth-order valence-electron chi connectivity index (χ4n) is 3.34. The van der Waals surface area contributed by atoms with Crippen molar-refractivity contribution in [1.29, 1.82) is 0 Å². The molecular weight excluding hydrogens is 345 g/mol. The third-order valence-corrected chi connectivity index (χ3v) is 4.66. The van der Waals surface area contributed by atoms with Crippen LogP contribution in [0.4, 0.5) is 10.2 Å². The van der Waals surface area contributed by atoms with Crippen LogP contribution in [0.5, 0.6) is 0 Å². The lowest BCUT2D eigenvalue weighted by atomic mass is 10.1. The summed E-state index contributed by atoms with van der Waals surface area (Å²) in [6.45, 7) is 2.37. The minimum atomic E-state index is -0.408. The maximum atomic E-state index is 13.5. The van der Waals surface area contributed by atoms with Gasteiger partial charge in [-0.1, -0.05) is 12.1 Å².